The van der Waals surface area contributed by atoms with Crippen LogP contribution in [-0.2, 0) is 4.74 Å². The molecule has 1 unspecified atom stereocenters. The molecular weight excluding hydrogens is 442 g/mol. The molecule has 0 N–H and O–H groups in total. The van der Waals surface area contributed by atoms with Crippen molar-refractivity contribution >= 4 is 41.4 Å². The average molecular weight is 471 g/mol. The van der Waals surface area contributed by atoms with Crippen LogP contribution in [0.5, 0.6) is 5.75 Å². The van der Waals surface area contributed by atoms with E-state index < -0.39 is 8.07 Å². The Morgan fingerprint density at radius 1 is 1.26 bits per heavy atom. The average Bonchev–Trinajstić information content (AvgIpc) is 3.11. The minimum absolute atomic E-state index is 0.100. The number of halogens is 1. The lowest BCUT2D eigenvalue weighted by Gasteiger charge is -2.23. The highest BCUT2D eigenvalue weighted by atomic mass is 79.9. The molecule has 148 valence electrons. The van der Waals surface area contributed by atoms with Crippen LogP contribution in [0.3, 0.4) is 0 Å². The van der Waals surface area contributed by atoms with Gasteiger partial charge in [0.05, 0.1) is 6.61 Å². The van der Waals surface area contributed by atoms with E-state index in [0.29, 0.717) is 19.6 Å². The molecular formula is C20H28BrNO3SSi. The first-order valence-electron chi connectivity index (χ1n) is 9.08. The molecule has 0 saturated heterocycles. The quantitative estimate of drug-likeness (QED) is 0.397. The van der Waals surface area contributed by atoms with E-state index in [1.54, 1.807) is 23.3 Å². The van der Waals surface area contributed by atoms with Crippen molar-refractivity contribution in [1.29, 1.82) is 0 Å². The molecule has 0 radical (unpaired) electrons. The van der Waals surface area contributed by atoms with E-state index >= 15 is 0 Å². The Labute approximate surface area is 175 Å². The summed E-state index contributed by atoms with van der Waals surface area (Å²) in [6.45, 7) is 7.89. The van der Waals surface area contributed by atoms with E-state index in [9.17, 15) is 4.79 Å². The van der Waals surface area contributed by atoms with Gasteiger partial charge >= 0.3 is 6.09 Å². The predicted octanol–water partition coefficient (Wildman–Crippen LogP) is 6.43. The Bertz CT molecular complexity index is 718. The fraction of sp³-hybridized carbons (Fsp3) is 0.450. The van der Waals surface area contributed by atoms with E-state index in [0.717, 1.165) is 21.1 Å². The molecule has 0 aliphatic carbocycles. The van der Waals surface area contributed by atoms with Gasteiger partial charge in [-0.05, 0) is 35.7 Å². The van der Waals surface area contributed by atoms with Crippen LogP contribution in [0.25, 0.3) is 0 Å². The van der Waals surface area contributed by atoms with Crippen molar-refractivity contribution in [3.8, 4) is 5.75 Å². The van der Waals surface area contributed by atoms with Gasteiger partial charge in [-0.2, -0.15) is 0 Å². The van der Waals surface area contributed by atoms with Gasteiger partial charge in [0, 0.05) is 37.4 Å². The van der Waals surface area contributed by atoms with Crippen LogP contribution in [-0.4, -0.2) is 39.3 Å². The Balaban J connectivity index is 1.90. The zero-order valence-corrected chi connectivity index (χ0v) is 19.8. The second kappa shape index (κ2) is 10.3. The molecule has 1 aromatic heterocycles. The number of carbonyl (C=O) groups is 1. The molecule has 27 heavy (non-hydrogen) atoms. The van der Waals surface area contributed by atoms with Crippen LogP contribution >= 0.6 is 27.3 Å². The number of hydrogen-bond acceptors (Lipinski definition) is 4. The fourth-order valence-electron chi connectivity index (χ4n) is 2.40. The van der Waals surface area contributed by atoms with Gasteiger partial charge in [-0.15, -0.1) is 11.3 Å². The number of carbonyl (C=O) groups excluding carboxylic acids is 1. The Kier molecular flexibility index (Phi) is 8.38. The molecule has 0 aliphatic rings. The molecule has 2 rings (SSSR count). The number of nitrogens with zero attached hydrogens (tertiary/aromatic N) is 1. The molecule has 1 atom stereocenters. The first kappa shape index (κ1) is 22.0. The third-order valence-corrected chi connectivity index (χ3v) is 7.21. The number of benzene rings is 1. The second-order valence-corrected chi connectivity index (χ2v) is 15.2. The van der Waals surface area contributed by atoms with Gasteiger partial charge in [0.25, 0.3) is 0 Å². The number of rotatable bonds is 9. The molecule has 1 heterocycles. The SMILES string of the molecule is CN(CCC(Oc1cccc(Br)c1)c1cccs1)C(=O)OCC[Si](C)(C)C. The van der Waals surface area contributed by atoms with Gasteiger partial charge in [-0.25, -0.2) is 4.79 Å². The largest absolute Gasteiger partial charge is 0.485 e. The van der Waals surface area contributed by atoms with Crippen molar-refractivity contribution in [1.82, 2.24) is 4.90 Å². The number of ether oxygens (including phenoxy) is 2. The molecule has 0 spiro atoms. The Morgan fingerprint density at radius 2 is 2.04 bits per heavy atom. The monoisotopic (exact) mass is 469 g/mol. The van der Waals surface area contributed by atoms with Crippen molar-refractivity contribution in [2.75, 3.05) is 20.2 Å². The highest BCUT2D eigenvalue weighted by molar-refractivity contribution is 9.10. The summed E-state index contributed by atoms with van der Waals surface area (Å²) in [5.74, 6) is 0.808. The molecule has 7 heteroatoms. The molecule has 0 aliphatic heterocycles. The maximum atomic E-state index is 12.2. The summed E-state index contributed by atoms with van der Waals surface area (Å²) in [5.41, 5.74) is 0. The molecule has 1 aromatic carbocycles. The van der Waals surface area contributed by atoms with Gasteiger partial charge in [0.1, 0.15) is 11.9 Å². The molecule has 0 fully saturated rings. The van der Waals surface area contributed by atoms with Crippen LogP contribution in [0.4, 0.5) is 4.79 Å². The summed E-state index contributed by atoms with van der Waals surface area (Å²) in [4.78, 5) is 15.0. The van der Waals surface area contributed by atoms with E-state index in [-0.39, 0.29) is 12.2 Å². The van der Waals surface area contributed by atoms with Crippen LogP contribution in [0.2, 0.25) is 25.7 Å². The van der Waals surface area contributed by atoms with E-state index in [1.807, 2.05) is 35.7 Å². The van der Waals surface area contributed by atoms with E-state index in [4.69, 9.17) is 9.47 Å². The van der Waals surface area contributed by atoms with Gasteiger partial charge in [-0.1, -0.05) is 47.7 Å². The van der Waals surface area contributed by atoms with Crippen LogP contribution in [0, 0.1) is 0 Å². The molecule has 0 saturated carbocycles. The van der Waals surface area contributed by atoms with Crippen molar-refractivity contribution in [2.45, 2.75) is 38.2 Å². The van der Waals surface area contributed by atoms with Gasteiger partial charge in [-0.3, -0.25) is 0 Å². The smallest absolute Gasteiger partial charge is 0.409 e. The van der Waals surface area contributed by atoms with Crippen molar-refractivity contribution in [2.24, 2.45) is 0 Å². The lowest BCUT2D eigenvalue weighted by molar-refractivity contribution is 0.108. The lowest BCUT2D eigenvalue weighted by Crippen LogP contribution is -2.31. The maximum Gasteiger partial charge on any atom is 0.409 e. The maximum absolute atomic E-state index is 12.2. The van der Waals surface area contributed by atoms with E-state index in [2.05, 4.69) is 41.6 Å². The van der Waals surface area contributed by atoms with Gasteiger partial charge in [0.2, 0.25) is 0 Å². The second-order valence-electron chi connectivity index (χ2n) is 7.71. The summed E-state index contributed by atoms with van der Waals surface area (Å²) in [6, 6.07) is 12.9. The van der Waals surface area contributed by atoms with E-state index in [1.165, 1.54) is 0 Å². The first-order valence-corrected chi connectivity index (χ1v) is 14.5. The number of hydrogen-bond donors (Lipinski definition) is 0. The molecule has 1 amide bonds. The number of amides is 1. The standard InChI is InChI=1S/C20H28BrNO3SSi/c1-22(20(23)24-12-14-27(2,3)4)11-10-18(19-9-6-13-26-19)25-17-8-5-7-16(21)15-17/h5-9,13,15,18H,10-12,14H2,1-4H3. The topological polar surface area (TPSA) is 38.8 Å². The van der Waals surface area contributed by atoms with Crippen molar-refractivity contribution in [3.63, 3.8) is 0 Å². The van der Waals surface area contributed by atoms with Crippen molar-refractivity contribution < 1.29 is 14.3 Å². The molecule has 2 aromatic rings. The van der Waals surface area contributed by atoms with Crippen LogP contribution in [0.15, 0.2) is 46.3 Å². The third-order valence-electron chi connectivity index (χ3n) is 4.05. The fourth-order valence-corrected chi connectivity index (χ4v) is 4.28. The highest BCUT2D eigenvalue weighted by Crippen LogP contribution is 2.29. The van der Waals surface area contributed by atoms with Gasteiger partial charge in [0.15, 0.2) is 0 Å². The molecule has 0 bridgehead atoms. The third kappa shape index (κ3) is 8.07. The molecule has 4 nitrogen and oxygen atoms in total. The van der Waals surface area contributed by atoms with Crippen LogP contribution < -0.4 is 4.74 Å². The van der Waals surface area contributed by atoms with Crippen molar-refractivity contribution in [3.05, 3.63) is 51.1 Å². The summed E-state index contributed by atoms with van der Waals surface area (Å²) >= 11 is 5.14. The first-order chi connectivity index (χ1) is 12.7. The summed E-state index contributed by atoms with van der Waals surface area (Å²) < 4.78 is 12.6. The van der Waals surface area contributed by atoms with Crippen LogP contribution in [0.1, 0.15) is 17.4 Å². The zero-order chi connectivity index (χ0) is 19.9. The highest BCUT2D eigenvalue weighted by Gasteiger charge is 2.19. The Morgan fingerprint density at radius 3 is 2.67 bits per heavy atom. The minimum Gasteiger partial charge on any atom is -0.485 e. The normalized spacial score (nSPS) is 12.5. The summed E-state index contributed by atoms with van der Waals surface area (Å²) in [5, 5.41) is 2.04. The lowest BCUT2D eigenvalue weighted by atomic mass is 10.2. The minimum atomic E-state index is -1.20. The predicted molar refractivity (Wildman–Crippen MR) is 119 cm³/mol. The van der Waals surface area contributed by atoms with Gasteiger partial charge < -0.3 is 14.4 Å². The number of thiophene rings is 1. The summed E-state index contributed by atoms with van der Waals surface area (Å²) in [6.07, 6.45) is 0.337. The summed E-state index contributed by atoms with van der Waals surface area (Å²) in [7, 11) is 0.581. The zero-order valence-electron chi connectivity index (χ0n) is 16.4. The Hall–Kier alpha value is -1.31.